The first-order valence-corrected chi connectivity index (χ1v) is 11.5. The third kappa shape index (κ3) is 6.67. The van der Waals surface area contributed by atoms with Crippen LogP contribution in [0.15, 0.2) is 23.8 Å². The minimum Gasteiger partial charge on any atom is -0.403 e. The second-order valence-corrected chi connectivity index (χ2v) is 13.7. The first-order chi connectivity index (χ1) is 10.3. The number of aliphatic hydroxyl groups is 1. The van der Waals surface area contributed by atoms with E-state index >= 15 is 0 Å². The van der Waals surface area contributed by atoms with Gasteiger partial charge in [-0.2, -0.15) is 0 Å². The molecule has 0 radical (unpaired) electrons. The van der Waals surface area contributed by atoms with Gasteiger partial charge in [-0.25, -0.2) is 0 Å². The maximum Gasteiger partial charge on any atom is 0.193 e. The van der Waals surface area contributed by atoms with Gasteiger partial charge in [-0.05, 0) is 43.0 Å². The Bertz CT molecular complexity index is 524. The van der Waals surface area contributed by atoms with Crippen molar-refractivity contribution in [3.05, 3.63) is 23.8 Å². The average molecular weight is 335 g/mol. The zero-order chi connectivity index (χ0) is 17.9. The van der Waals surface area contributed by atoms with Crippen LogP contribution in [0.25, 0.3) is 0 Å². The Kier molecular flexibility index (Phi) is 6.49. The van der Waals surface area contributed by atoms with Crippen molar-refractivity contribution in [3.63, 3.8) is 0 Å². The molecule has 0 bridgehead atoms. The summed E-state index contributed by atoms with van der Waals surface area (Å²) in [6.07, 6.45) is 7.04. The maximum absolute atomic E-state index is 10.1. The van der Waals surface area contributed by atoms with E-state index in [0.29, 0.717) is 0 Å². The summed E-state index contributed by atoms with van der Waals surface area (Å²) in [5, 5.41) is 10.2. The summed E-state index contributed by atoms with van der Waals surface area (Å²) >= 11 is 0. The summed E-state index contributed by atoms with van der Waals surface area (Å²) in [4.78, 5) is 0. The van der Waals surface area contributed by atoms with Crippen LogP contribution >= 0.6 is 0 Å². The van der Waals surface area contributed by atoms with Gasteiger partial charge in [-0.15, -0.1) is 0 Å². The van der Waals surface area contributed by atoms with Gasteiger partial charge in [0.05, 0.1) is 0 Å². The molecule has 0 aromatic heterocycles. The number of hydrogen-bond donors (Lipinski definition) is 1. The predicted molar refractivity (Wildman–Crippen MR) is 102 cm³/mol. The molecule has 0 aliphatic heterocycles. The lowest BCUT2D eigenvalue weighted by Crippen LogP contribution is -2.43. The van der Waals surface area contributed by atoms with Crippen LogP contribution in [0.1, 0.15) is 54.4 Å². The highest BCUT2D eigenvalue weighted by Gasteiger charge is 2.39. The third-order valence-corrected chi connectivity index (χ3v) is 9.34. The topological polar surface area (TPSA) is 29.5 Å². The molecule has 2 atom stereocenters. The quantitative estimate of drug-likeness (QED) is 0.434. The second kappa shape index (κ2) is 7.38. The molecule has 0 fully saturated rings. The zero-order valence-corrected chi connectivity index (χ0v) is 17.2. The van der Waals surface area contributed by atoms with Crippen LogP contribution in [0.2, 0.25) is 18.1 Å². The zero-order valence-electron chi connectivity index (χ0n) is 16.2. The Balaban J connectivity index is 3.06. The molecular weight excluding hydrogens is 300 g/mol. The molecular formula is C20H34O2Si. The Morgan fingerprint density at radius 3 is 2.43 bits per heavy atom. The van der Waals surface area contributed by atoms with Crippen molar-refractivity contribution < 1.29 is 9.53 Å². The van der Waals surface area contributed by atoms with Gasteiger partial charge >= 0.3 is 0 Å². The molecule has 130 valence electrons. The fourth-order valence-electron chi connectivity index (χ4n) is 2.11. The van der Waals surface area contributed by atoms with Crippen LogP contribution in [0.3, 0.4) is 0 Å². The fraction of sp³-hybridized carbons (Fsp3) is 0.700. The van der Waals surface area contributed by atoms with Crippen LogP contribution in [0.5, 0.6) is 0 Å². The van der Waals surface area contributed by atoms with Gasteiger partial charge in [0.25, 0.3) is 0 Å². The lowest BCUT2D eigenvalue weighted by Gasteiger charge is -2.38. The molecule has 1 rings (SSSR count). The van der Waals surface area contributed by atoms with Crippen molar-refractivity contribution in [2.24, 2.45) is 5.41 Å². The van der Waals surface area contributed by atoms with E-state index in [2.05, 4.69) is 78.6 Å². The highest BCUT2D eigenvalue weighted by molar-refractivity contribution is 6.74. The Morgan fingerprint density at radius 1 is 1.26 bits per heavy atom. The molecule has 0 amide bonds. The molecule has 3 heteroatoms. The number of rotatable bonds is 2. The molecule has 2 nitrogen and oxygen atoms in total. The summed E-state index contributed by atoms with van der Waals surface area (Å²) in [5.41, 5.74) is 1.34. The number of allylic oxidation sites excluding steroid dienone is 2. The monoisotopic (exact) mass is 334 g/mol. The predicted octanol–water partition coefficient (Wildman–Crippen LogP) is 5.06. The van der Waals surface area contributed by atoms with Crippen molar-refractivity contribution >= 4 is 8.32 Å². The van der Waals surface area contributed by atoms with Gasteiger partial charge in [0.15, 0.2) is 8.32 Å². The first kappa shape index (κ1) is 20.2. The lowest BCUT2D eigenvalue weighted by atomic mass is 9.87. The van der Waals surface area contributed by atoms with Crippen LogP contribution in [0, 0.1) is 17.3 Å². The SMILES string of the molecule is C/C1=C\CC(C)(C)/C=C/C(O)C#CC(O[Si](C)(C)C(C)(C)C)C1. The number of aliphatic hydroxyl groups excluding tert-OH is 1. The average Bonchev–Trinajstić information content (AvgIpc) is 2.40. The lowest BCUT2D eigenvalue weighted by molar-refractivity contribution is 0.231. The van der Waals surface area contributed by atoms with Gasteiger partial charge in [0, 0.05) is 6.42 Å². The minimum absolute atomic E-state index is 0.0318. The van der Waals surface area contributed by atoms with E-state index in [4.69, 9.17) is 4.43 Å². The van der Waals surface area contributed by atoms with E-state index in [-0.39, 0.29) is 16.6 Å². The van der Waals surface area contributed by atoms with Crippen LogP contribution < -0.4 is 0 Å². The maximum atomic E-state index is 10.1. The van der Waals surface area contributed by atoms with Gasteiger partial charge in [-0.1, -0.05) is 64.2 Å². The summed E-state index contributed by atoms with van der Waals surface area (Å²) in [6.45, 7) is 17.7. The Labute approximate surface area is 144 Å². The van der Waals surface area contributed by atoms with Gasteiger partial charge in [-0.3, -0.25) is 0 Å². The van der Waals surface area contributed by atoms with Crippen LogP contribution in [-0.2, 0) is 4.43 Å². The first-order valence-electron chi connectivity index (χ1n) is 8.54. The molecule has 23 heavy (non-hydrogen) atoms. The van der Waals surface area contributed by atoms with E-state index in [1.165, 1.54) is 5.57 Å². The molecule has 0 aromatic carbocycles. The highest BCUT2D eigenvalue weighted by atomic mass is 28.4. The molecule has 0 saturated carbocycles. The molecule has 0 heterocycles. The molecule has 1 aliphatic rings. The van der Waals surface area contributed by atoms with Crippen molar-refractivity contribution in [2.45, 2.75) is 84.7 Å². The van der Waals surface area contributed by atoms with Crippen molar-refractivity contribution in [3.8, 4) is 11.8 Å². The smallest absolute Gasteiger partial charge is 0.193 e. The van der Waals surface area contributed by atoms with Gasteiger partial charge < -0.3 is 9.53 Å². The Morgan fingerprint density at radius 2 is 1.87 bits per heavy atom. The van der Waals surface area contributed by atoms with Crippen LogP contribution in [-0.4, -0.2) is 25.6 Å². The van der Waals surface area contributed by atoms with Crippen molar-refractivity contribution in [1.29, 1.82) is 0 Å². The van der Waals surface area contributed by atoms with Gasteiger partial charge in [0.2, 0.25) is 0 Å². The summed E-state index contributed by atoms with van der Waals surface area (Å²) < 4.78 is 6.48. The van der Waals surface area contributed by atoms with Gasteiger partial charge in [0.1, 0.15) is 12.2 Å². The minimum atomic E-state index is -1.88. The number of hydrogen-bond acceptors (Lipinski definition) is 2. The fourth-order valence-corrected chi connectivity index (χ4v) is 3.32. The largest absolute Gasteiger partial charge is 0.403 e. The van der Waals surface area contributed by atoms with Crippen molar-refractivity contribution in [2.75, 3.05) is 0 Å². The molecule has 0 saturated heterocycles. The second-order valence-electron chi connectivity index (χ2n) is 8.91. The summed E-state index contributed by atoms with van der Waals surface area (Å²) in [6, 6.07) is 0. The summed E-state index contributed by atoms with van der Waals surface area (Å²) in [7, 11) is -1.88. The molecule has 1 N–H and O–H groups in total. The van der Waals surface area contributed by atoms with E-state index in [9.17, 15) is 5.11 Å². The molecule has 0 spiro atoms. The van der Waals surface area contributed by atoms with Crippen molar-refractivity contribution in [1.82, 2.24) is 0 Å². The van der Waals surface area contributed by atoms with E-state index < -0.39 is 14.4 Å². The molecule has 0 aromatic rings. The van der Waals surface area contributed by atoms with Crippen LogP contribution in [0.4, 0.5) is 0 Å². The Hall–Kier alpha value is -0.823. The molecule has 2 unspecified atom stereocenters. The van der Waals surface area contributed by atoms with E-state index in [1.807, 2.05) is 0 Å². The molecule has 1 aliphatic carbocycles. The van der Waals surface area contributed by atoms with E-state index in [1.54, 1.807) is 6.08 Å². The standard InChI is InChI=1S/C20H34O2Si/c1-16-11-13-20(5,6)14-12-17(21)9-10-18(15-16)22-23(7,8)19(2,3)4/h11-12,14,17-18,21H,13,15H2,1-8H3/b14-12+,16-11+. The van der Waals surface area contributed by atoms with E-state index in [0.717, 1.165) is 12.8 Å². The third-order valence-electron chi connectivity index (χ3n) is 4.85. The summed E-state index contributed by atoms with van der Waals surface area (Å²) in [5.74, 6) is 6.12. The highest BCUT2D eigenvalue weighted by Crippen LogP contribution is 2.38. The normalized spacial score (nSPS) is 29.5.